The van der Waals surface area contributed by atoms with Gasteiger partial charge in [0, 0.05) is 12.6 Å². The van der Waals surface area contributed by atoms with Gasteiger partial charge in [0.2, 0.25) is 11.8 Å². The van der Waals surface area contributed by atoms with Crippen LogP contribution in [0.1, 0.15) is 59.2 Å². The van der Waals surface area contributed by atoms with Gasteiger partial charge in [0.15, 0.2) is 6.10 Å². The van der Waals surface area contributed by atoms with Gasteiger partial charge in [-0.15, -0.1) is 0 Å². The average Bonchev–Trinajstić information content (AvgIpc) is 3.30. The van der Waals surface area contributed by atoms with Crippen LogP contribution in [-0.2, 0) is 32.0 Å². The quantitative estimate of drug-likeness (QED) is 0.110. The molecule has 5 aromatic rings. The minimum Gasteiger partial charge on any atom is -0.451 e. The molecule has 2 amide bonds. The number of rotatable bonds is 11. The Balaban J connectivity index is 1.17. The minimum atomic E-state index is -0.852. The normalized spacial score (nSPS) is 19.0. The molecule has 4 aromatic carbocycles. The number of esters is 1. The van der Waals surface area contributed by atoms with Crippen LogP contribution in [0, 0.1) is 0 Å². The number of benzene rings is 4. The number of ether oxygens (including phenoxy) is 1. The highest BCUT2D eigenvalue weighted by molar-refractivity contribution is 8.77. The molecule has 1 saturated heterocycles. The number of hydrogen-bond acceptors (Lipinski definition) is 7. The van der Waals surface area contributed by atoms with Crippen LogP contribution in [0.15, 0.2) is 145 Å². The van der Waals surface area contributed by atoms with Gasteiger partial charge in [-0.3, -0.25) is 9.59 Å². The fraction of sp³-hybridized carbons (Fsp3) is 0.238. The van der Waals surface area contributed by atoms with Crippen molar-refractivity contribution in [3.63, 3.8) is 0 Å². The molecule has 258 valence electrons. The van der Waals surface area contributed by atoms with Crippen molar-refractivity contribution in [3.05, 3.63) is 167 Å². The second-order valence-electron chi connectivity index (χ2n) is 12.8. The topological polar surface area (TPSA) is 88.6 Å². The standard InChI is InChI=1S/C42H39N3O4S2/c46-40(37(27-29-15-4-1-5-16-29)50-51-38-25-12-13-26-43-38)44-34-28-32-21-10-11-22-33(32)35-23-14-24-36(45(35)41(34)47)42(48)49-39(30-17-6-2-7-18-30)31-19-8-3-9-20-31/h1-13,15-22,25-26,34-37,39H,14,23-24,27-28H2,(H,44,46). The molecule has 0 radical (unpaired) electrons. The number of nitrogens with one attached hydrogen (secondary N) is 1. The summed E-state index contributed by atoms with van der Waals surface area (Å²) in [5.74, 6) is -0.937. The number of aromatic nitrogens is 1. The van der Waals surface area contributed by atoms with Crippen LogP contribution in [0.4, 0.5) is 0 Å². The van der Waals surface area contributed by atoms with Crippen molar-refractivity contribution < 1.29 is 19.1 Å². The lowest BCUT2D eigenvalue weighted by atomic mass is 9.89. The van der Waals surface area contributed by atoms with Crippen LogP contribution in [0.2, 0.25) is 0 Å². The lowest BCUT2D eigenvalue weighted by Gasteiger charge is -2.41. The molecule has 0 saturated carbocycles. The zero-order valence-electron chi connectivity index (χ0n) is 28.0. The lowest BCUT2D eigenvalue weighted by molar-refractivity contribution is -0.163. The number of nitrogens with zero attached hydrogens (tertiary/aromatic N) is 2. The van der Waals surface area contributed by atoms with Gasteiger partial charge >= 0.3 is 5.97 Å². The first-order valence-electron chi connectivity index (χ1n) is 17.3. The summed E-state index contributed by atoms with van der Waals surface area (Å²) < 4.78 is 6.35. The van der Waals surface area contributed by atoms with Crippen LogP contribution in [0.3, 0.4) is 0 Å². The Morgan fingerprint density at radius 2 is 1.45 bits per heavy atom. The van der Waals surface area contributed by atoms with Crippen LogP contribution >= 0.6 is 21.6 Å². The smallest absolute Gasteiger partial charge is 0.329 e. The van der Waals surface area contributed by atoms with Gasteiger partial charge < -0.3 is 15.0 Å². The lowest BCUT2D eigenvalue weighted by Crippen LogP contribution is -2.57. The first-order chi connectivity index (χ1) is 25.0. The Kier molecular flexibility index (Phi) is 11.1. The highest BCUT2D eigenvalue weighted by Crippen LogP contribution is 2.41. The Labute approximate surface area is 306 Å². The molecule has 51 heavy (non-hydrogen) atoms. The van der Waals surface area contributed by atoms with Gasteiger partial charge in [-0.1, -0.05) is 132 Å². The molecule has 1 N–H and O–H groups in total. The summed E-state index contributed by atoms with van der Waals surface area (Å²) in [5, 5.41) is 3.46. The summed E-state index contributed by atoms with van der Waals surface area (Å²) in [6.07, 6.45) is 3.89. The number of fused-ring (bicyclic) bond motifs is 3. The van der Waals surface area contributed by atoms with E-state index in [1.165, 1.54) is 21.6 Å². The molecule has 7 nitrogen and oxygen atoms in total. The molecule has 7 rings (SSSR count). The molecular weight excluding hydrogens is 675 g/mol. The Morgan fingerprint density at radius 3 is 2.14 bits per heavy atom. The summed E-state index contributed by atoms with van der Waals surface area (Å²) in [4.78, 5) is 49.4. The number of carbonyl (C=O) groups is 3. The molecule has 4 unspecified atom stereocenters. The van der Waals surface area contributed by atoms with E-state index in [9.17, 15) is 14.4 Å². The van der Waals surface area contributed by atoms with Crippen molar-refractivity contribution in [3.8, 4) is 0 Å². The maximum absolute atomic E-state index is 14.8. The van der Waals surface area contributed by atoms with Crippen LogP contribution in [-0.4, -0.2) is 45.0 Å². The predicted octanol–water partition coefficient (Wildman–Crippen LogP) is 7.93. The molecule has 0 bridgehead atoms. The molecule has 2 aliphatic heterocycles. The summed E-state index contributed by atoms with van der Waals surface area (Å²) >= 11 is 0. The highest BCUT2D eigenvalue weighted by Gasteiger charge is 2.46. The van der Waals surface area contributed by atoms with Crippen molar-refractivity contribution in [1.29, 1.82) is 0 Å². The van der Waals surface area contributed by atoms with Crippen LogP contribution < -0.4 is 5.32 Å². The maximum Gasteiger partial charge on any atom is 0.329 e. The van der Waals surface area contributed by atoms with Crippen molar-refractivity contribution >= 4 is 39.4 Å². The molecule has 1 aromatic heterocycles. The number of hydrogen-bond donors (Lipinski definition) is 1. The first kappa shape index (κ1) is 34.6. The SMILES string of the molecule is O=C(NC1Cc2ccccc2C2CCCC(C(=O)OC(c3ccccc3)c3ccccc3)N2C1=O)C(Cc1ccccc1)SSc1ccccn1. The van der Waals surface area contributed by atoms with Gasteiger partial charge in [0.25, 0.3) is 0 Å². The molecule has 0 spiro atoms. The number of piperidine rings is 1. The number of pyridine rings is 1. The second kappa shape index (κ2) is 16.4. The van der Waals surface area contributed by atoms with Crippen molar-refractivity contribution in [2.24, 2.45) is 0 Å². The summed E-state index contributed by atoms with van der Waals surface area (Å²) in [6, 6.07) is 41.0. The first-order valence-corrected chi connectivity index (χ1v) is 19.6. The Bertz CT molecular complexity index is 1890. The average molecular weight is 714 g/mol. The molecular formula is C42H39N3O4S2. The van der Waals surface area contributed by atoms with Gasteiger partial charge in [-0.2, -0.15) is 0 Å². The van der Waals surface area contributed by atoms with Crippen LogP contribution in [0.5, 0.6) is 0 Å². The molecule has 2 aliphatic rings. The van der Waals surface area contributed by atoms with Crippen molar-refractivity contribution in [2.45, 2.75) is 66.6 Å². The van der Waals surface area contributed by atoms with E-state index in [4.69, 9.17) is 4.74 Å². The molecule has 9 heteroatoms. The second-order valence-corrected chi connectivity index (χ2v) is 15.3. The molecule has 0 aliphatic carbocycles. The fourth-order valence-corrected chi connectivity index (χ4v) is 9.31. The molecule has 3 heterocycles. The summed E-state index contributed by atoms with van der Waals surface area (Å²) in [5.41, 5.74) is 4.75. The Morgan fingerprint density at radius 1 is 0.804 bits per heavy atom. The summed E-state index contributed by atoms with van der Waals surface area (Å²) in [6.45, 7) is 0. The van der Waals surface area contributed by atoms with E-state index in [1.54, 1.807) is 11.1 Å². The molecule has 4 atom stereocenters. The monoisotopic (exact) mass is 713 g/mol. The third kappa shape index (κ3) is 8.21. The maximum atomic E-state index is 14.8. The van der Waals surface area contributed by atoms with E-state index in [0.717, 1.165) is 45.7 Å². The predicted molar refractivity (Wildman–Crippen MR) is 202 cm³/mol. The zero-order valence-corrected chi connectivity index (χ0v) is 29.7. The van der Waals surface area contributed by atoms with Gasteiger partial charge in [-0.05, 0) is 76.4 Å². The third-order valence-electron chi connectivity index (χ3n) is 9.49. The Hall–Kier alpha value is -4.86. The van der Waals surface area contributed by atoms with E-state index in [0.29, 0.717) is 19.3 Å². The van der Waals surface area contributed by atoms with E-state index < -0.39 is 29.4 Å². The largest absolute Gasteiger partial charge is 0.451 e. The van der Waals surface area contributed by atoms with E-state index in [1.807, 2.05) is 133 Å². The fourth-order valence-electron chi connectivity index (χ4n) is 7.03. The summed E-state index contributed by atoms with van der Waals surface area (Å²) in [7, 11) is 2.88. The highest BCUT2D eigenvalue weighted by atomic mass is 33.1. The van der Waals surface area contributed by atoms with Crippen molar-refractivity contribution in [2.75, 3.05) is 0 Å². The van der Waals surface area contributed by atoms with Gasteiger partial charge in [0.1, 0.15) is 17.1 Å². The van der Waals surface area contributed by atoms with E-state index >= 15 is 0 Å². The van der Waals surface area contributed by atoms with E-state index in [-0.39, 0.29) is 17.9 Å². The van der Waals surface area contributed by atoms with Gasteiger partial charge in [0.05, 0.1) is 11.3 Å². The van der Waals surface area contributed by atoms with E-state index in [2.05, 4.69) is 10.3 Å². The van der Waals surface area contributed by atoms with Crippen molar-refractivity contribution in [1.82, 2.24) is 15.2 Å². The number of carbonyl (C=O) groups excluding carboxylic acids is 3. The molecule has 1 fully saturated rings. The third-order valence-corrected chi connectivity index (χ3v) is 12.1. The minimum absolute atomic E-state index is 0.231. The zero-order chi connectivity index (χ0) is 35.0. The van der Waals surface area contributed by atoms with Crippen LogP contribution in [0.25, 0.3) is 0 Å². The van der Waals surface area contributed by atoms with Gasteiger partial charge in [-0.25, -0.2) is 9.78 Å². The number of amides is 2.